The number of nitrogens with zero attached hydrogens (tertiary/aromatic N) is 1. The van der Waals surface area contributed by atoms with Crippen molar-refractivity contribution in [2.24, 2.45) is 0 Å². The van der Waals surface area contributed by atoms with Gasteiger partial charge in [-0.25, -0.2) is 0 Å². The van der Waals surface area contributed by atoms with Gasteiger partial charge in [-0.15, -0.1) is 0 Å². The number of benzene rings is 1. The average molecular weight is 380 g/mol. The zero-order valence-corrected chi connectivity index (χ0v) is 16.6. The van der Waals surface area contributed by atoms with E-state index in [1.54, 1.807) is 24.5 Å². The fourth-order valence-electron chi connectivity index (χ4n) is 3.05. The molecule has 1 N–H and O–H groups in total. The van der Waals surface area contributed by atoms with E-state index >= 15 is 0 Å². The summed E-state index contributed by atoms with van der Waals surface area (Å²) in [6.45, 7) is 5.31. The Morgan fingerprint density at radius 1 is 1.21 bits per heavy atom. The van der Waals surface area contributed by atoms with Crippen molar-refractivity contribution in [2.75, 3.05) is 6.54 Å². The van der Waals surface area contributed by atoms with Gasteiger partial charge in [0.1, 0.15) is 5.76 Å². The molecule has 1 fully saturated rings. The van der Waals surface area contributed by atoms with E-state index in [0.29, 0.717) is 37.2 Å². The van der Waals surface area contributed by atoms with Gasteiger partial charge >= 0.3 is 0 Å². The molecule has 0 aliphatic heterocycles. The smallest absolute Gasteiger partial charge is 0.244 e. The van der Waals surface area contributed by atoms with Gasteiger partial charge in [-0.3, -0.25) is 9.59 Å². The number of hydrogen-bond acceptors (Lipinski definition) is 3. The Kier molecular flexibility index (Phi) is 6.69. The highest BCUT2D eigenvalue weighted by Crippen LogP contribution is 2.29. The van der Waals surface area contributed by atoms with Crippen LogP contribution in [0.25, 0.3) is 6.08 Å². The number of carbonyl (C=O) groups excluding carboxylic acids is 2. The molecule has 1 aromatic heterocycles. The number of rotatable bonds is 9. The number of furan rings is 1. The first-order valence-corrected chi connectivity index (χ1v) is 9.90. The fourth-order valence-corrected chi connectivity index (χ4v) is 3.05. The Morgan fingerprint density at radius 2 is 1.96 bits per heavy atom. The predicted octanol–water partition coefficient (Wildman–Crippen LogP) is 4.11. The highest BCUT2D eigenvalue weighted by atomic mass is 16.3. The molecule has 5 nitrogen and oxygen atoms in total. The minimum atomic E-state index is -0.230. The van der Waals surface area contributed by atoms with Gasteiger partial charge in [0.25, 0.3) is 0 Å². The van der Waals surface area contributed by atoms with Gasteiger partial charge < -0.3 is 14.6 Å². The van der Waals surface area contributed by atoms with E-state index in [2.05, 4.69) is 43.4 Å². The lowest BCUT2D eigenvalue weighted by Crippen LogP contribution is -2.35. The maximum Gasteiger partial charge on any atom is 0.244 e. The largest absolute Gasteiger partial charge is 0.465 e. The molecule has 0 saturated heterocycles. The van der Waals surface area contributed by atoms with Crippen LogP contribution < -0.4 is 5.32 Å². The van der Waals surface area contributed by atoms with Gasteiger partial charge in [-0.05, 0) is 48.1 Å². The first-order valence-electron chi connectivity index (χ1n) is 9.90. The summed E-state index contributed by atoms with van der Waals surface area (Å²) in [5.41, 5.74) is 2.45. The molecule has 28 heavy (non-hydrogen) atoms. The summed E-state index contributed by atoms with van der Waals surface area (Å²) < 4.78 is 5.14. The molecule has 3 rings (SSSR count). The second-order valence-electron chi connectivity index (χ2n) is 7.54. The summed E-state index contributed by atoms with van der Waals surface area (Å²) in [6, 6.07) is 12.4. The lowest BCUT2D eigenvalue weighted by atomic mass is 10.0. The van der Waals surface area contributed by atoms with Crippen molar-refractivity contribution in [1.29, 1.82) is 0 Å². The Labute approximate surface area is 166 Å². The van der Waals surface area contributed by atoms with Crippen molar-refractivity contribution in [3.63, 3.8) is 0 Å². The lowest BCUT2D eigenvalue weighted by molar-refractivity contribution is -0.132. The maximum absolute atomic E-state index is 12.7. The van der Waals surface area contributed by atoms with Crippen LogP contribution in [0.3, 0.4) is 0 Å². The highest BCUT2D eigenvalue weighted by Gasteiger charge is 2.32. The van der Waals surface area contributed by atoms with Crippen molar-refractivity contribution in [3.05, 3.63) is 65.6 Å². The first kappa shape index (κ1) is 19.9. The number of hydrogen-bond donors (Lipinski definition) is 1. The topological polar surface area (TPSA) is 62.6 Å². The molecule has 0 atom stereocenters. The monoisotopic (exact) mass is 380 g/mol. The molecule has 0 radical (unpaired) electrons. The van der Waals surface area contributed by atoms with Crippen molar-refractivity contribution < 1.29 is 14.0 Å². The number of amides is 2. The Balaban J connectivity index is 1.47. The third kappa shape index (κ3) is 5.84. The van der Waals surface area contributed by atoms with Crippen LogP contribution in [0.1, 0.15) is 55.9 Å². The summed E-state index contributed by atoms with van der Waals surface area (Å²) in [6.07, 6.45) is 7.01. The van der Waals surface area contributed by atoms with Crippen molar-refractivity contribution in [3.8, 4) is 0 Å². The molecule has 1 heterocycles. The van der Waals surface area contributed by atoms with Gasteiger partial charge in [-0.1, -0.05) is 38.1 Å². The van der Waals surface area contributed by atoms with Crippen LogP contribution in [0.15, 0.2) is 53.2 Å². The van der Waals surface area contributed by atoms with Crippen molar-refractivity contribution in [1.82, 2.24) is 10.2 Å². The molecule has 2 aromatic rings. The van der Waals surface area contributed by atoms with Crippen LogP contribution in [0, 0.1) is 0 Å². The zero-order valence-electron chi connectivity index (χ0n) is 16.6. The van der Waals surface area contributed by atoms with Gasteiger partial charge in [0.2, 0.25) is 11.8 Å². The third-order valence-electron chi connectivity index (χ3n) is 4.89. The molecule has 1 saturated carbocycles. The van der Waals surface area contributed by atoms with Crippen LogP contribution >= 0.6 is 0 Å². The molecule has 1 aliphatic carbocycles. The van der Waals surface area contributed by atoms with Crippen molar-refractivity contribution in [2.45, 2.75) is 51.6 Å². The minimum Gasteiger partial charge on any atom is -0.465 e. The second kappa shape index (κ2) is 9.40. The zero-order chi connectivity index (χ0) is 19.9. The lowest BCUT2D eigenvalue weighted by Gasteiger charge is -2.23. The van der Waals surface area contributed by atoms with Crippen LogP contribution in [0.4, 0.5) is 0 Å². The van der Waals surface area contributed by atoms with E-state index in [0.717, 1.165) is 18.4 Å². The second-order valence-corrected chi connectivity index (χ2v) is 7.54. The average Bonchev–Trinajstić information content (AvgIpc) is 3.39. The van der Waals surface area contributed by atoms with Crippen LogP contribution in [0.2, 0.25) is 0 Å². The van der Waals surface area contributed by atoms with Gasteiger partial charge in [0.05, 0.1) is 6.26 Å². The van der Waals surface area contributed by atoms with Gasteiger partial charge in [0, 0.05) is 31.6 Å². The molecule has 1 aromatic carbocycles. The SMILES string of the molecule is CC(C)c1ccc(CN(C(=O)CCNC(=O)/C=C/c2ccco2)C2CC2)cc1. The molecule has 0 unspecified atom stereocenters. The fraction of sp³-hybridized carbons (Fsp3) is 0.391. The first-order chi connectivity index (χ1) is 13.5. The van der Waals surface area contributed by atoms with E-state index in [-0.39, 0.29) is 11.8 Å². The molecule has 5 heteroatoms. The van der Waals surface area contributed by atoms with E-state index in [1.807, 2.05) is 4.90 Å². The van der Waals surface area contributed by atoms with E-state index < -0.39 is 0 Å². The summed E-state index contributed by atoms with van der Waals surface area (Å²) in [5.74, 6) is 0.979. The molecule has 148 valence electrons. The minimum absolute atomic E-state index is 0.0887. The molecule has 2 amide bonds. The van der Waals surface area contributed by atoms with E-state index in [9.17, 15) is 9.59 Å². The standard InChI is InChI=1S/C23H28N2O3/c1-17(2)19-7-5-18(6-8-19)16-25(20-9-10-20)23(27)13-14-24-22(26)12-11-21-4-3-15-28-21/h3-8,11-12,15,17,20H,9-10,13-14,16H2,1-2H3,(H,24,26)/b12-11+. The van der Waals surface area contributed by atoms with E-state index in [4.69, 9.17) is 4.42 Å². The summed E-state index contributed by atoms with van der Waals surface area (Å²) in [4.78, 5) is 26.5. The third-order valence-corrected chi connectivity index (χ3v) is 4.89. The van der Waals surface area contributed by atoms with Crippen LogP contribution in [-0.2, 0) is 16.1 Å². The highest BCUT2D eigenvalue weighted by molar-refractivity contribution is 5.91. The van der Waals surface area contributed by atoms with Crippen LogP contribution in [-0.4, -0.2) is 29.3 Å². The summed E-state index contributed by atoms with van der Waals surface area (Å²) in [7, 11) is 0. The molecule has 0 spiro atoms. The summed E-state index contributed by atoms with van der Waals surface area (Å²) in [5, 5.41) is 2.76. The number of carbonyl (C=O) groups is 2. The quantitative estimate of drug-likeness (QED) is 0.666. The Bertz CT molecular complexity index is 803. The molecule has 1 aliphatic rings. The van der Waals surface area contributed by atoms with E-state index in [1.165, 1.54) is 11.6 Å². The molecular weight excluding hydrogens is 352 g/mol. The Hall–Kier alpha value is -2.82. The van der Waals surface area contributed by atoms with Gasteiger partial charge in [-0.2, -0.15) is 0 Å². The van der Waals surface area contributed by atoms with Gasteiger partial charge in [0.15, 0.2) is 0 Å². The molecule has 0 bridgehead atoms. The maximum atomic E-state index is 12.7. The Morgan fingerprint density at radius 3 is 2.57 bits per heavy atom. The van der Waals surface area contributed by atoms with Crippen LogP contribution in [0.5, 0.6) is 0 Å². The number of nitrogens with one attached hydrogen (secondary N) is 1. The predicted molar refractivity (Wildman–Crippen MR) is 109 cm³/mol. The summed E-state index contributed by atoms with van der Waals surface area (Å²) >= 11 is 0. The molecular formula is C23H28N2O3. The normalized spacial score (nSPS) is 13.8. The van der Waals surface area contributed by atoms with Crippen molar-refractivity contribution >= 4 is 17.9 Å².